The van der Waals surface area contributed by atoms with Gasteiger partial charge in [-0.15, -0.1) is 0 Å². The zero-order valence-corrected chi connectivity index (χ0v) is 9.39. The lowest BCUT2D eigenvalue weighted by Gasteiger charge is -2.26. The minimum atomic E-state index is 0.925. The summed E-state index contributed by atoms with van der Waals surface area (Å²) in [6, 6.07) is 0. The molecular weight excluding hydrogens is 194 g/mol. The maximum absolute atomic E-state index is 4.16. The third kappa shape index (κ3) is 2.75. The van der Waals surface area contributed by atoms with Crippen LogP contribution in [-0.4, -0.2) is 34.4 Å². The molecule has 1 aliphatic heterocycles. The summed E-state index contributed by atoms with van der Waals surface area (Å²) in [6.07, 6.45) is 5.22. The second kappa shape index (κ2) is 4.84. The zero-order chi connectivity index (χ0) is 9.80. The van der Waals surface area contributed by atoms with Gasteiger partial charge in [0.25, 0.3) is 0 Å². The van der Waals surface area contributed by atoms with E-state index in [-0.39, 0.29) is 0 Å². The highest BCUT2D eigenvalue weighted by atomic mass is 32.2. The molecule has 2 rings (SSSR count). The summed E-state index contributed by atoms with van der Waals surface area (Å²) in [5.74, 6) is 3.46. The molecular formula is C10H17N3S. The van der Waals surface area contributed by atoms with Crippen LogP contribution >= 0.6 is 11.8 Å². The van der Waals surface area contributed by atoms with Gasteiger partial charge in [-0.1, -0.05) is 0 Å². The molecule has 1 aromatic rings. The Kier molecular flexibility index (Phi) is 3.48. The van der Waals surface area contributed by atoms with E-state index in [0.717, 1.165) is 12.3 Å². The summed E-state index contributed by atoms with van der Waals surface area (Å²) in [6.45, 7) is 2.44. The normalized spacial score (nSPS) is 16.9. The molecule has 0 spiro atoms. The van der Waals surface area contributed by atoms with Crippen molar-refractivity contribution in [2.75, 3.05) is 24.6 Å². The van der Waals surface area contributed by atoms with Gasteiger partial charge in [-0.2, -0.15) is 16.9 Å². The van der Waals surface area contributed by atoms with E-state index in [4.69, 9.17) is 0 Å². The van der Waals surface area contributed by atoms with E-state index in [2.05, 4.69) is 28.4 Å². The molecule has 0 bridgehead atoms. The van der Waals surface area contributed by atoms with Crippen LogP contribution in [0, 0.1) is 5.92 Å². The van der Waals surface area contributed by atoms with Crippen molar-refractivity contribution in [2.45, 2.75) is 6.42 Å². The summed E-state index contributed by atoms with van der Waals surface area (Å²) in [5, 5.41) is 7.45. The number of hydrogen-bond acceptors (Lipinski definition) is 3. The van der Waals surface area contributed by atoms with Crippen molar-refractivity contribution in [1.29, 1.82) is 0 Å². The second-order valence-electron chi connectivity index (χ2n) is 3.87. The third-order valence-corrected chi connectivity index (χ3v) is 3.71. The van der Waals surface area contributed by atoms with Gasteiger partial charge >= 0.3 is 0 Å². The molecule has 1 aliphatic rings. The molecule has 1 N–H and O–H groups in total. The van der Waals surface area contributed by atoms with Gasteiger partial charge in [0.05, 0.1) is 6.20 Å². The van der Waals surface area contributed by atoms with Gasteiger partial charge in [0, 0.05) is 13.2 Å². The lowest BCUT2D eigenvalue weighted by atomic mass is 10.1. The van der Waals surface area contributed by atoms with Crippen LogP contribution in [0.3, 0.4) is 0 Å². The average molecular weight is 211 g/mol. The molecule has 3 nitrogen and oxygen atoms in total. The summed E-state index contributed by atoms with van der Waals surface area (Å²) in [4.78, 5) is 0. The van der Waals surface area contributed by atoms with Crippen molar-refractivity contribution in [3.8, 4) is 0 Å². The number of thioether (sulfide) groups is 1. The molecule has 2 heterocycles. The molecule has 0 radical (unpaired) electrons. The topological polar surface area (TPSA) is 29.9 Å². The molecule has 0 atom stereocenters. The standard InChI is InChI=1S/C10H17N3S/c1-13-7-9(6-12-13)2-3-14-8-10-4-11-5-10/h6-7,10-11H,2-5,8H2,1H3. The van der Waals surface area contributed by atoms with Crippen molar-refractivity contribution in [1.82, 2.24) is 15.1 Å². The monoisotopic (exact) mass is 211 g/mol. The third-order valence-electron chi connectivity index (χ3n) is 2.51. The van der Waals surface area contributed by atoms with Crippen molar-refractivity contribution < 1.29 is 0 Å². The van der Waals surface area contributed by atoms with E-state index < -0.39 is 0 Å². The van der Waals surface area contributed by atoms with E-state index in [1.54, 1.807) is 0 Å². The van der Waals surface area contributed by atoms with Crippen LogP contribution in [0.2, 0.25) is 0 Å². The Morgan fingerprint density at radius 2 is 2.50 bits per heavy atom. The summed E-state index contributed by atoms with van der Waals surface area (Å²) >= 11 is 2.06. The van der Waals surface area contributed by atoms with Gasteiger partial charge in [-0.3, -0.25) is 4.68 Å². The summed E-state index contributed by atoms with van der Waals surface area (Å²) in [7, 11) is 1.97. The molecule has 0 amide bonds. The van der Waals surface area contributed by atoms with Crippen LogP contribution in [-0.2, 0) is 13.5 Å². The van der Waals surface area contributed by atoms with Crippen LogP contribution < -0.4 is 5.32 Å². The summed E-state index contributed by atoms with van der Waals surface area (Å²) in [5.41, 5.74) is 1.35. The Balaban J connectivity index is 1.58. The van der Waals surface area contributed by atoms with Gasteiger partial charge in [0.1, 0.15) is 0 Å². The van der Waals surface area contributed by atoms with Gasteiger partial charge in [0.2, 0.25) is 0 Å². The Labute approximate surface area is 89.3 Å². The van der Waals surface area contributed by atoms with E-state index in [9.17, 15) is 0 Å². The van der Waals surface area contributed by atoms with Gasteiger partial charge in [-0.25, -0.2) is 0 Å². The predicted molar refractivity (Wildman–Crippen MR) is 60.6 cm³/mol. The maximum atomic E-state index is 4.16. The van der Waals surface area contributed by atoms with Crippen molar-refractivity contribution in [3.63, 3.8) is 0 Å². The number of nitrogens with zero attached hydrogens (tertiary/aromatic N) is 2. The van der Waals surface area contributed by atoms with E-state index >= 15 is 0 Å². The molecule has 78 valence electrons. The predicted octanol–water partition coefficient (Wildman–Crippen LogP) is 0.915. The van der Waals surface area contributed by atoms with Crippen LogP contribution in [0.15, 0.2) is 12.4 Å². The van der Waals surface area contributed by atoms with Crippen LogP contribution in [0.5, 0.6) is 0 Å². The number of aromatic nitrogens is 2. The van der Waals surface area contributed by atoms with E-state index in [1.165, 1.54) is 30.2 Å². The van der Waals surface area contributed by atoms with Crippen LogP contribution in [0.25, 0.3) is 0 Å². The van der Waals surface area contributed by atoms with Crippen molar-refractivity contribution >= 4 is 11.8 Å². The quantitative estimate of drug-likeness (QED) is 0.734. The average Bonchev–Trinajstić information content (AvgIpc) is 2.48. The Morgan fingerprint density at radius 1 is 1.64 bits per heavy atom. The second-order valence-corrected chi connectivity index (χ2v) is 5.02. The molecule has 1 fully saturated rings. The fourth-order valence-corrected chi connectivity index (χ4v) is 2.62. The first-order chi connectivity index (χ1) is 6.84. The Hall–Kier alpha value is -0.480. The minimum absolute atomic E-state index is 0.925. The molecule has 0 unspecified atom stereocenters. The Morgan fingerprint density at radius 3 is 3.07 bits per heavy atom. The van der Waals surface area contributed by atoms with Gasteiger partial charge in [0.15, 0.2) is 0 Å². The first-order valence-electron chi connectivity index (χ1n) is 5.10. The van der Waals surface area contributed by atoms with Crippen LogP contribution in [0.4, 0.5) is 0 Å². The first-order valence-corrected chi connectivity index (χ1v) is 6.26. The minimum Gasteiger partial charge on any atom is -0.316 e. The molecule has 0 aromatic carbocycles. The van der Waals surface area contributed by atoms with Crippen molar-refractivity contribution in [2.24, 2.45) is 13.0 Å². The molecule has 14 heavy (non-hydrogen) atoms. The number of hydrogen-bond donors (Lipinski definition) is 1. The van der Waals surface area contributed by atoms with Gasteiger partial charge < -0.3 is 5.32 Å². The van der Waals surface area contributed by atoms with Crippen LogP contribution in [0.1, 0.15) is 5.56 Å². The number of aryl methyl sites for hydroxylation is 2. The first kappa shape index (κ1) is 10.1. The summed E-state index contributed by atoms with van der Waals surface area (Å²) < 4.78 is 1.87. The highest BCUT2D eigenvalue weighted by Gasteiger charge is 2.15. The van der Waals surface area contributed by atoms with E-state index in [1.807, 2.05) is 17.9 Å². The fourth-order valence-electron chi connectivity index (χ4n) is 1.51. The smallest absolute Gasteiger partial charge is 0.0521 e. The molecule has 1 aromatic heterocycles. The molecule has 0 saturated carbocycles. The maximum Gasteiger partial charge on any atom is 0.0521 e. The molecule has 4 heteroatoms. The molecule has 1 saturated heterocycles. The van der Waals surface area contributed by atoms with Crippen molar-refractivity contribution in [3.05, 3.63) is 18.0 Å². The number of nitrogens with one attached hydrogen (secondary N) is 1. The largest absolute Gasteiger partial charge is 0.316 e. The number of rotatable bonds is 5. The highest BCUT2D eigenvalue weighted by Crippen LogP contribution is 2.13. The van der Waals surface area contributed by atoms with E-state index in [0.29, 0.717) is 0 Å². The fraction of sp³-hybridized carbons (Fsp3) is 0.700. The zero-order valence-electron chi connectivity index (χ0n) is 8.57. The van der Waals surface area contributed by atoms with Gasteiger partial charge in [-0.05, 0) is 42.5 Å². The lowest BCUT2D eigenvalue weighted by Crippen LogP contribution is -2.43. The Bertz CT molecular complexity index is 281. The SMILES string of the molecule is Cn1cc(CCSCC2CNC2)cn1. The lowest BCUT2D eigenvalue weighted by molar-refractivity contribution is 0.385. The highest BCUT2D eigenvalue weighted by molar-refractivity contribution is 7.99. The molecule has 0 aliphatic carbocycles.